The fourth-order valence-electron chi connectivity index (χ4n) is 7.41. The molecule has 5 rings (SSSR count). The van der Waals surface area contributed by atoms with Gasteiger partial charge in [-0.2, -0.15) is 0 Å². The second kappa shape index (κ2) is 11.8. The Bertz CT molecular complexity index is 961. The predicted octanol–water partition coefficient (Wildman–Crippen LogP) is 8.95. The van der Waals surface area contributed by atoms with E-state index >= 15 is 4.39 Å². The average Bonchev–Trinajstić information content (AvgIpc) is 2.98. The van der Waals surface area contributed by atoms with E-state index in [4.69, 9.17) is 9.47 Å². The number of rotatable bonds is 10. The van der Waals surface area contributed by atoms with Crippen molar-refractivity contribution in [1.82, 2.24) is 0 Å². The number of ketones is 1. The Labute approximate surface area is 228 Å². The molecule has 0 aromatic heterocycles. The molecule has 0 radical (unpaired) electrons. The van der Waals surface area contributed by atoms with Crippen molar-refractivity contribution in [2.45, 2.75) is 109 Å². The van der Waals surface area contributed by atoms with Gasteiger partial charge in [0.1, 0.15) is 17.7 Å². The van der Waals surface area contributed by atoms with Crippen molar-refractivity contribution in [2.24, 2.45) is 10.8 Å². The molecular weight excluding hydrogens is 475 g/mol. The lowest BCUT2D eigenvalue weighted by Gasteiger charge is -2.61. The third-order valence-corrected chi connectivity index (χ3v) is 9.87. The molecule has 0 N–H and O–H groups in total. The summed E-state index contributed by atoms with van der Waals surface area (Å²) in [6.07, 6.45) is 9.75. The highest BCUT2D eigenvalue weighted by molar-refractivity contribution is 5.98. The van der Waals surface area contributed by atoms with Crippen LogP contribution in [0.4, 0.5) is 4.39 Å². The van der Waals surface area contributed by atoms with E-state index in [1.165, 1.54) is 11.1 Å². The minimum Gasteiger partial charge on any atom is -0.494 e. The topological polar surface area (TPSA) is 35.5 Å². The van der Waals surface area contributed by atoms with Crippen molar-refractivity contribution in [2.75, 3.05) is 13.2 Å². The standard InChI is InChI=1S/C34H45FO3/c1-3-5-23-37-29-11-7-25(8-12-29)27-15-19-33(20-16-27)31(35)34(32(33)36)21-17-28(18-22-34)26-9-13-30(14-10-26)38-24-6-4-2/h7-14,27-28,31H,3-6,15-24H2,1-2H3. The molecule has 0 aliphatic heterocycles. The van der Waals surface area contributed by atoms with E-state index in [1.807, 2.05) is 0 Å². The van der Waals surface area contributed by atoms with Gasteiger partial charge in [-0.25, -0.2) is 4.39 Å². The van der Waals surface area contributed by atoms with Crippen molar-refractivity contribution < 1.29 is 18.7 Å². The summed E-state index contributed by atoms with van der Waals surface area (Å²) in [6.45, 7) is 5.83. The van der Waals surface area contributed by atoms with Crippen molar-refractivity contribution in [3.8, 4) is 11.5 Å². The summed E-state index contributed by atoms with van der Waals surface area (Å²) in [6, 6.07) is 16.9. The molecule has 0 unspecified atom stereocenters. The normalized spacial score (nSPS) is 30.8. The zero-order valence-corrected chi connectivity index (χ0v) is 23.4. The van der Waals surface area contributed by atoms with Crippen molar-refractivity contribution in [1.29, 1.82) is 0 Å². The lowest BCUT2D eigenvalue weighted by Crippen LogP contribution is -2.69. The van der Waals surface area contributed by atoms with Gasteiger partial charge in [-0.3, -0.25) is 4.79 Å². The molecule has 0 bridgehead atoms. The highest BCUT2D eigenvalue weighted by Gasteiger charge is 2.71. The maximum Gasteiger partial charge on any atom is 0.151 e. The van der Waals surface area contributed by atoms with E-state index in [9.17, 15) is 4.79 Å². The third-order valence-electron chi connectivity index (χ3n) is 9.87. The zero-order chi connectivity index (χ0) is 26.6. The van der Waals surface area contributed by atoms with Crippen LogP contribution in [0.3, 0.4) is 0 Å². The van der Waals surface area contributed by atoms with Crippen LogP contribution >= 0.6 is 0 Å². The van der Waals surface area contributed by atoms with Gasteiger partial charge in [0.05, 0.1) is 24.0 Å². The summed E-state index contributed by atoms with van der Waals surface area (Å²) in [4.78, 5) is 13.7. The summed E-state index contributed by atoms with van der Waals surface area (Å²) in [7, 11) is 0. The van der Waals surface area contributed by atoms with Gasteiger partial charge in [-0.1, -0.05) is 51.0 Å². The number of carbonyl (C=O) groups is 1. The Morgan fingerprint density at radius 1 is 0.684 bits per heavy atom. The number of ether oxygens (including phenoxy) is 2. The summed E-state index contributed by atoms with van der Waals surface area (Å²) in [5.41, 5.74) is 1.15. The molecule has 206 valence electrons. The van der Waals surface area contributed by atoms with E-state index < -0.39 is 17.0 Å². The Morgan fingerprint density at radius 3 is 1.37 bits per heavy atom. The van der Waals surface area contributed by atoms with E-state index in [0.29, 0.717) is 37.5 Å². The fourth-order valence-corrected chi connectivity index (χ4v) is 7.41. The molecule has 3 fully saturated rings. The highest BCUT2D eigenvalue weighted by Crippen LogP contribution is 2.66. The van der Waals surface area contributed by atoms with Crippen LogP contribution in [-0.4, -0.2) is 25.2 Å². The first-order valence-electron chi connectivity index (χ1n) is 15.2. The number of unbranched alkanes of at least 4 members (excludes halogenated alkanes) is 2. The van der Waals surface area contributed by atoms with Crippen LogP contribution in [0.2, 0.25) is 0 Å². The van der Waals surface area contributed by atoms with Crippen LogP contribution < -0.4 is 9.47 Å². The number of halogens is 1. The van der Waals surface area contributed by atoms with E-state index in [-0.39, 0.29) is 5.78 Å². The molecular formula is C34H45FO3. The highest BCUT2D eigenvalue weighted by atomic mass is 19.1. The minimum absolute atomic E-state index is 0.244. The van der Waals surface area contributed by atoms with Gasteiger partial charge in [-0.05, 0) is 111 Å². The zero-order valence-electron chi connectivity index (χ0n) is 23.4. The minimum atomic E-state index is -0.979. The first-order chi connectivity index (χ1) is 18.5. The number of hydrogen-bond acceptors (Lipinski definition) is 3. The third kappa shape index (κ3) is 5.12. The predicted molar refractivity (Wildman–Crippen MR) is 151 cm³/mol. The molecule has 4 heteroatoms. The van der Waals surface area contributed by atoms with E-state index in [2.05, 4.69) is 62.4 Å². The lowest BCUT2D eigenvalue weighted by molar-refractivity contribution is -0.191. The first-order valence-corrected chi connectivity index (χ1v) is 15.2. The van der Waals surface area contributed by atoms with Crippen LogP contribution in [0.1, 0.15) is 114 Å². The van der Waals surface area contributed by atoms with Crippen LogP contribution in [0, 0.1) is 10.8 Å². The van der Waals surface area contributed by atoms with Gasteiger partial charge < -0.3 is 9.47 Å². The summed E-state index contributed by atoms with van der Waals surface area (Å²) < 4.78 is 27.7. The van der Waals surface area contributed by atoms with Gasteiger partial charge >= 0.3 is 0 Å². The summed E-state index contributed by atoms with van der Waals surface area (Å²) in [5.74, 6) is 2.90. The van der Waals surface area contributed by atoms with E-state index in [1.54, 1.807) is 0 Å². The molecule has 3 saturated carbocycles. The van der Waals surface area contributed by atoms with Gasteiger partial charge in [0.15, 0.2) is 5.78 Å². The van der Waals surface area contributed by atoms with Crippen molar-refractivity contribution in [3.63, 3.8) is 0 Å². The molecule has 3 aliphatic carbocycles. The number of benzene rings is 2. The Hall–Kier alpha value is -2.36. The summed E-state index contributed by atoms with van der Waals surface area (Å²) >= 11 is 0. The second-order valence-corrected chi connectivity index (χ2v) is 12.1. The molecule has 2 spiro atoms. The van der Waals surface area contributed by atoms with E-state index in [0.717, 1.165) is 76.1 Å². The Kier molecular flexibility index (Phi) is 8.45. The van der Waals surface area contributed by atoms with Crippen molar-refractivity contribution >= 4 is 5.78 Å². The molecule has 2 aromatic rings. The fraction of sp³-hybridized carbons (Fsp3) is 0.618. The van der Waals surface area contributed by atoms with Gasteiger partial charge in [-0.15, -0.1) is 0 Å². The first kappa shape index (κ1) is 27.2. The van der Waals surface area contributed by atoms with Gasteiger partial charge in [0.25, 0.3) is 0 Å². The average molecular weight is 521 g/mol. The number of Topliss-reactive ketones (excluding diaryl/α,β-unsaturated/α-hetero) is 1. The smallest absolute Gasteiger partial charge is 0.151 e. The van der Waals surface area contributed by atoms with Gasteiger partial charge in [0, 0.05) is 0 Å². The Morgan fingerprint density at radius 2 is 1.05 bits per heavy atom. The van der Waals surface area contributed by atoms with Gasteiger partial charge in [0.2, 0.25) is 0 Å². The molecule has 38 heavy (non-hydrogen) atoms. The second-order valence-electron chi connectivity index (χ2n) is 12.1. The quantitative estimate of drug-likeness (QED) is 0.293. The van der Waals surface area contributed by atoms with Crippen LogP contribution in [-0.2, 0) is 4.79 Å². The molecule has 3 nitrogen and oxygen atoms in total. The molecule has 0 atom stereocenters. The molecule has 0 heterocycles. The van der Waals surface area contributed by atoms with Crippen LogP contribution in [0.15, 0.2) is 48.5 Å². The maximum atomic E-state index is 16.1. The van der Waals surface area contributed by atoms with Crippen LogP contribution in [0.25, 0.3) is 0 Å². The molecule has 0 amide bonds. The molecule has 0 saturated heterocycles. The monoisotopic (exact) mass is 520 g/mol. The number of alkyl halides is 1. The number of carbonyl (C=O) groups excluding carboxylic acids is 1. The summed E-state index contributed by atoms with van der Waals surface area (Å²) in [5, 5.41) is 0. The maximum absolute atomic E-state index is 16.1. The molecule has 2 aromatic carbocycles. The van der Waals surface area contributed by atoms with Crippen molar-refractivity contribution in [3.05, 3.63) is 59.7 Å². The Balaban J connectivity index is 1.13. The molecule has 3 aliphatic rings. The largest absolute Gasteiger partial charge is 0.494 e. The number of hydrogen-bond donors (Lipinski definition) is 0. The lowest BCUT2D eigenvalue weighted by atomic mass is 9.41. The SMILES string of the molecule is CCCCOc1ccc(C2CCC3(CC2)C(=O)C2(CCC(c4ccc(OCCCC)cc4)CC2)C3F)cc1. The van der Waals surface area contributed by atoms with Crippen LogP contribution in [0.5, 0.6) is 11.5 Å².